The molecule has 1 aromatic rings. The third-order valence-corrected chi connectivity index (χ3v) is 3.85. The molecule has 1 atom stereocenters. The molecule has 3 N–H and O–H groups in total. The van der Waals surface area contributed by atoms with Crippen molar-refractivity contribution in [2.45, 2.75) is 12.8 Å². The van der Waals surface area contributed by atoms with Gasteiger partial charge in [0.2, 0.25) is 0 Å². The first-order valence-corrected chi connectivity index (χ1v) is 6.91. The van der Waals surface area contributed by atoms with Crippen molar-refractivity contribution in [3.8, 4) is 0 Å². The first-order valence-electron chi connectivity index (χ1n) is 6.53. The molecule has 1 fully saturated rings. The Morgan fingerprint density at radius 1 is 1.70 bits per heavy atom. The standard InChI is InChI=1S/C13H19ClN4O2/c1-20-8-9-3-2-6-18(7-9)13-11(14)10(4-5-16-13)12(15)17-19/h4-5,9,19H,2-3,6-8H2,1H3,(H2,15,17). The molecule has 2 rings (SSSR count). The first-order chi connectivity index (χ1) is 9.67. The number of pyridine rings is 1. The minimum atomic E-state index is -0.0101. The van der Waals surface area contributed by atoms with E-state index in [0.717, 1.165) is 32.5 Å². The second-order valence-corrected chi connectivity index (χ2v) is 5.27. The van der Waals surface area contributed by atoms with Gasteiger partial charge in [0.15, 0.2) is 5.84 Å². The van der Waals surface area contributed by atoms with Gasteiger partial charge in [0, 0.05) is 32.0 Å². The van der Waals surface area contributed by atoms with Crippen molar-refractivity contribution in [3.05, 3.63) is 22.8 Å². The summed E-state index contributed by atoms with van der Waals surface area (Å²) in [4.78, 5) is 6.46. The predicted octanol–water partition coefficient (Wildman–Crippen LogP) is 1.69. The van der Waals surface area contributed by atoms with Crippen LogP contribution in [0.2, 0.25) is 5.02 Å². The molecule has 20 heavy (non-hydrogen) atoms. The van der Waals surface area contributed by atoms with Gasteiger partial charge in [0.05, 0.1) is 11.6 Å². The van der Waals surface area contributed by atoms with Crippen LogP contribution in [0.1, 0.15) is 18.4 Å². The van der Waals surface area contributed by atoms with Gasteiger partial charge >= 0.3 is 0 Å². The van der Waals surface area contributed by atoms with E-state index < -0.39 is 0 Å². The topological polar surface area (TPSA) is 84.0 Å². The normalized spacial score (nSPS) is 20.2. The van der Waals surface area contributed by atoms with Crippen LogP contribution in [-0.4, -0.2) is 42.8 Å². The van der Waals surface area contributed by atoms with E-state index in [2.05, 4.69) is 15.0 Å². The number of nitrogens with zero attached hydrogens (tertiary/aromatic N) is 3. The molecule has 1 saturated heterocycles. The van der Waals surface area contributed by atoms with Crippen molar-refractivity contribution in [1.29, 1.82) is 0 Å². The number of anilines is 1. The van der Waals surface area contributed by atoms with Crippen molar-refractivity contribution >= 4 is 23.3 Å². The summed E-state index contributed by atoms with van der Waals surface area (Å²) in [5.74, 6) is 1.14. The molecule has 0 bridgehead atoms. The molecule has 1 aliphatic heterocycles. The molecule has 2 heterocycles. The Bertz CT molecular complexity index is 493. The lowest BCUT2D eigenvalue weighted by atomic mass is 9.99. The molecule has 0 amide bonds. The summed E-state index contributed by atoms with van der Waals surface area (Å²) in [6.07, 6.45) is 3.83. The Morgan fingerprint density at radius 3 is 3.20 bits per heavy atom. The van der Waals surface area contributed by atoms with E-state index in [1.807, 2.05) is 0 Å². The zero-order valence-electron chi connectivity index (χ0n) is 11.4. The highest BCUT2D eigenvalue weighted by Crippen LogP contribution is 2.30. The third kappa shape index (κ3) is 3.13. The van der Waals surface area contributed by atoms with E-state index in [1.165, 1.54) is 0 Å². The summed E-state index contributed by atoms with van der Waals surface area (Å²) in [5, 5.41) is 12.2. The monoisotopic (exact) mass is 298 g/mol. The smallest absolute Gasteiger partial charge is 0.171 e. The number of rotatable bonds is 4. The quantitative estimate of drug-likeness (QED) is 0.382. The Labute approximate surface area is 123 Å². The Morgan fingerprint density at radius 2 is 2.50 bits per heavy atom. The Hall–Kier alpha value is -1.53. The van der Waals surface area contributed by atoms with Crippen LogP contribution >= 0.6 is 11.6 Å². The maximum atomic E-state index is 8.78. The fourth-order valence-corrected chi connectivity index (χ4v) is 2.86. The van der Waals surface area contributed by atoms with Crippen LogP contribution in [0.5, 0.6) is 0 Å². The number of methoxy groups -OCH3 is 1. The average Bonchev–Trinajstić information content (AvgIpc) is 2.47. The molecule has 1 aromatic heterocycles. The van der Waals surface area contributed by atoms with Gasteiger partial charge in [-0.15, -0.1) is 0 Å². The molecule has 0 saturated carbocycles. The summed E-state index contributed by atoms with van der Waals surface area (Å²) >= 11 is 6.33. The van der Waals surface area contributed by atoms with E-state index >= 15 is 0 Å². The number of hydrogen-bond acceptors (Lipinski definition) is 5. The van der Waals surface area contributed by atoms with Crippen LogP contribution in [0.4, 0.5) is 5.82 Å². The van der Waals surface area contributed by atoms with E-state index in [1.54, 1.807) is 19.4 Å². The minimum Gasteiger partial charge on any atom is -0.409 e. The van der Waals surface area contributed by atoms with Gasteiger partial charge in [0.1, 0.15) is 5.82 Å². The summed E-state index contributed by atoms with van der Waals surface area (Å²) in [6, 6.07) is 1.64. The number of amidine groups is 1. The highest BCUT2D eigenvalue weighted by atomic mass is 35.5. The number of aromatic nitrogens is 1. The fraction of sp³-hybridized carbons (Fsp3) is 0.538. The zero-order valence-corrected chi connectivity index (χ0v) is 12.2. The van der Waals surface area contributed by atoms with Crippen LogP contribution in [0.15, 0.2) is 17.4 Å². The molecule has 0 aliphatic carbocycles. The summed E-state index contributed by atoms with van der Waals surface area (Å²) in [7, 11) is 1.71. The maximum absolute atomic E-state index is 8.78. The molecule has 6 nitrogen and oxygen atoms in total. The highest BCUT2D eigenvalue weighted by molar-refractivity contribution is 6.36. The van der Waals surface area contributed by atoms with Gasteiger partial charge in [-0.3, -0.25) is 0 Å². The SMILES string of the molecule is COCC1CCCN(c2nccc(/C(N)=N/O)c2Cl)C1. The first kappa shape index (κ1) is 14.9. The largest absolute Gasteiger partial charge is 0.409 e. The van der Waals surface area contributed by atoms with Gasteiger partial charge in [-0.05, 0) is 24.8 Å². The zero-order chi connectivity index (χ0) is 14.5. The summed E-state index contributed by atoms with van der Waals surface area (Å²) in [6.45, 7) is 2.47. The number of ether oxygens (including phenoxy) is 1. The van der Waals surface area contributed by atoms with Crippen molar-refractivity contribution in [2.75, 3.05) is 31.7 Å². The van der Waals surface area contributed by atoms with E-state index in [4.69, 9.17) is 27.3 Å². The maximum Gasteiger partial charge on any atom is 0.171 e. The van der Waals surface area contributed by atoms with Crippen LogP contribution in [-0.2, 0) is 4.74 Å². The lowest BCUT2D eigenvalue weighted by Gasteiger charge is -2.33. The van der Waals surface area contributed by atoms with Crippen molar-refractivity contribution < 1.29 is 9.94 Å². The van der Waals surface area contributed by atoms with Crippen LogP contribution < -0.4 is 10.6 Å². The van der Waals surface area contributed by atoms with Gasteiger partial charge in [-0.25, -0.2) is 4.98 Å². The van der Waals surface area contributed by atoms with Crippen LogP contribution in [0.3, 0.4) is 0 Å². The number of nitrogens with two attached hydrogens (primary N) is 1. The van der Waals surface area contributed by atoms with Gasteiger partial charge in [0.25, 0.3) is 0 Å². The molecule has 0 radical (unpaired) electrons. The van der Waals surface area contributed by atoms with Crippen LogP contribution in [0, 0.1) is 5.92 Å². The number of hydrogen-bond donors (Lipinski definition) is 2. The van der Waals surface area contributed by atoms with Crippen molar-refractivity contribution in [3.63, 3.8) is 0 Å². The molecule has 0 aromatic carbocycles. The molecule has 7 heteroatoms. The fourth-order valence-electron chi connectivity index (χ4n) is 2.53. The highest BCUT2D eigenvalue weighted by Gasteiger charge is 2.23. The predicted molar refractivity (Wildman–Crippen MR) is 78.6 cm³/mol. The lowest BCUT2D eigenvalue weighted by Crippen LogP contribution is -2.38. The summed E-state index contributed by atoms with van der Waals surface area (Å²) in [5.41, 5.74) is 6.11. The molecule has 1 aliphatic rings. The Kier molecular flexibility index (Phi) is 5.03. The number of oxime groups is 1. The van der Waals surface area contributed by atoms with Gasteiger partial charge < -0.3 is 20.6 Å². The van der Waals surface area contributed by atoms with Gasteiger partial charge in [-0.1, -0.05) is 16.8 Å². The minimum absolute atomic E-state index is 0.0101. The van der Waals surface area contributed by atoms with Gasteiger partial charge in [-0.2, -0.15) is 0 Å². The number of halogens is 1. The second-order valence-electron chi connectivity index (χ2n) is 4.89. The van der Waals surface area contributed by atoms with E-state index in [0.29, 0.717) is 22.3 Å². The van der Waals surface area contributed by atoms with Crippen LogP contribution in [0.25, 0.3) is 0 Å². The average molecular weight is 299 g/mol. The molecular weight excluding hydrogens is 280 g/mol. The molecule has 1 unspecified atom stereocenters. The van der Waals surface area contributed by atoms with E-state index in [9.17, 15) is 0 Å². The molecular formula is C13H19ClN4O2. The lowest BCUT2D eigenvalue weighted by molar-refractivity contribution is 0.143. The molecule has 110 valence electrons. The molecule has 0 spiro atoms. The second kappa shape index (κ2) is 6.76. The van der Waals surface area contributed by atoms with E-state index in [-0.39, 0.29) is 5.84 Å². The third-order valence-electron chi connectivity index (χ3n) is 3.48. The summed E-state index contributed by atoms with van der Waals surface area (Å²) < 4.78 is 5.22. The van der Waals surface area contributed by atoms with Crippen molar-refractivity contribution in [1.82, 2.24) is 4.98 Å². The number of piperidine rings is 1. The Balaban J connectivity index is 2.24. The van der Waals surface area contributed by atoms with Crippen molar-refractivity contribution in [2.24, 2.45) is 16.8 Å².